The molecule has 1 amide bonds. The number of ether oxygens (including phenoxy) is 2. The first-order chi connectivity index (χ1) is 20.9. The molecule has 0 aromatic heterocycles. The van der Waals surface area contributed by atoms with Gasteiger partial charge in [-0.15, -0.1) is 0 Å². The number of rotatable bonds is 14. The molecule has 0 fully saturated rings. The van der Waals surface area contributed by atoms with E-state index in [9.17, 15) is 4.79 Å². The Morgan fingerprint density at radius 1 is 1.00 bits per heavy atom. The molecule has 0 unspecified atom stereocenters. The molecule has 13 nitrogen and oxygen atoms in total. The highest BCUT2D eigenvalue weighted by Crippen LogP contribution is 2.44. The molecule has 1 aliphatic heterocycles. The van der Waals surface area contributed by atoms with E-state index in [0.29, 0.717) is 35.5 Å². The van der Waals surface area contributed by atoms with Crippen molar-refractivity contribution in [2.45, 2.75) is 37.6 Å². The molecule has 222 valence electrons. The topological polar surface area (TPSA) is 181 Å². The van der Waals surface area contributed by atoms with Crippen LogP contribution in [-0.4, -0.2) is 54.8 Å². The van der Waals surface area contributed by atoms with Crippen LogP contribution in [0.15, 0.2) is 88.0 Å². The van der Waals surface area contributed by atoms with E-state index in [4.69, 9.17) is 30.6 Å². The number of aliphatic hydroxyl groups is 1. The first-order valence-electron chi connectivity index (χ1n) is 13.7. The third kappa shape index (κ3) is 7.42. The van der Waals surface area contributed by atoms with Crippen LogP contribution in [0.25, 0.3) is 20.9 Å². The smallest absolute Gasteiger partial charge is 0.266 e. The van der Waals surface area contributed by atoms with Crippen molar-refractivity contribution in [3.8, 4) is 5.75 Å². The van der Waals surface area contributed by atoms with Crippen molar-refractivity contribution < 1.29 is 19.4 Å². The summed E-state index contributed by atoms with van der Waals surface area (Å²) in [5.41, 5.74) is 22.9. The van der Waals surface area contributed by atoms with Gasteiger partial charge in [0.2, 0.25) is 5.90 Å². The average molecular weight is 584 g/mol. The number of aliphatic hydroxyl groups excluding tert-OH is 1. The van der Waals surface area contributed by atoms with Crippen molar-refractivity contribution in [1.29, 1.82) is 0 Å². The lowest BCUT2D eigenvalue weighted by Crippen LogP contribution is -2.53. The molecule has 0 aliphatic carbocycles. The number of carbonyl (C=O) groups is 1. The second-order valence-electron chi connectivity index (χ2n) is 10.0. The Labute approximate surface area is 249 Å². The monoisotopic (exact) mass is 583 g/mol. The van der Waals surface area contributed by atoms with Crippen LogP contribution in [0.2, 0.25) is 0 Å². The number of benzene rings is 3. The first kappa shape index (κ1) is 30.9. The number of nitrogens with one attached hydrogen (secondary N) is 1. The highest BCUT2D eigenvalue weighted by molar-refractivity contribution is 6.01. The van der Waals surface area contributed by atoms with E-state index < -0.39 is 17.6 Å². The number of azide groups is 2. The Kier molecular flexibility index (Phi) is 10.6. The van der Waals surface area contributed by atoms with Crippen LogP contribution < -0.4 is 10.2 Å². The molecular formula is C30H33N9O4. The molecule has 2 N–H and O–H groups in total. The van der Waals surface area contributed by atoms with Crippen molar-refractivity contribution in [3.63, 3.8) is 0 Å². The van der Waals surface area contributed by atoms with Crippen molar-refractivity contribution in [3.05, 3.63) is 121 Å². The maximum atomic E-state index is 14.3. The van der Waals surface area contributed by atoms with Gasteiger partial charge in [-0.05, 0) is 57.6 Å². The minimum atomic E-state index is -1.51. The molecule has 0 spiro atoms. The van der Waals surface area contributed by atoms with E-state index in [1.54, 1.807) is 43.4 Å². The summed E-state index contributed by atoms with van der Waals surface area (Å²) in [5, 5.41) is 18.1. The van der Waals surface area contributed by atoms with Crippen LogP contribution in [0.4, 0.5) is 0 Å². The molecule has 4 rings (SSSR count). The van der Waals surface area contributed by atoms with Crippen LogP contribution in [0.1, 0.15) is 40.3 Å². The summed E-state index contributed by atoms with van der Waals surface area (Å²) in [7, 11) is 3.42. The number of hydrazine groups is 1. The number of hydrogen-bond acceptors (Lipinski definition) is 8. The molecule has 0 bridgehead atoms. The van der Waals surface area contributed by atoms with Gasteiger partial charge in [0.1, 0.15) is 5.75 Å². The van der Waals surface area contributed by atoms with E-state index in [1.807, 2.05) is 48.5 Å². The van der Waals surface area contributed by atoms with Gasteiger partial charge in [-0.25, -0.2) is 10.0 Å². The number of aliphatic imine (C=N–C) groups is 1. The fourth-order valence-electron chi connectivity index (χ4n) is 4.88. The summed E-state index contributed by atoms with van der Waals surface area (Å²) in [6, 6.07) is 21.9. The number of hydrogen-bond donors (Lipinski definition) is 2. The minimum Gasteiger partial charge on any atom is -0.494 e. The van der Waals surface area contributed by atoms with E-state index in [1.165, 1.54) is 0 Å². The Morgan fingerprint density at radius 3 is 2.28 bits per heavy atom. The van der Waals surface area contributed by atoms with E-state index in [-0.39, 0.29) is 32.0 Å². The Hall–Kier alpha value is -5.06. The van der Waals surface area contributed by atoms with Crippen molar-refractivity contribution in [2.75, 3.05) is 27.3 Å². The lowest BCUT2D eigenvalue weighted by atomic mass is 9.80. The first-order valence-corrected chi connectivity index (χ1v) is 13.7. The Morgan fingerprint density at radius 2 is 1.63 bits per heavy atom. The van der Waals surface area contributed by atoms with Gasteiger partial charge in [-0.1, -0.05) is 58.8 Å². The van der Waals surface area contributed by atoms with Gasteiger partial charge < -0.3 is 14.6 Å². The zero-order valence-electron chi connectivity index (χ0n) is 24.0. The maximum Gasteiger partial charge on any atom is 0.266 e. The maximum absolute atomic E-state index is 14.3. The van der Waals surface area contributed by atoms with Gasteiger partial charge in [0.25, 0.3) is 5.91 Å². The van der Waals surface area contributed by atoms with E-state index in [2.05, 4.69) is 25.5 Å². The zero-order valence-corrected chi connectivity index (χ0v) is 24.0. The summed E-state index contributed by atoms with van der Waals surface area (Å²) < 4.78 is 12.3. The van der Waals surface area contributed by atoms with Crippen LogP contribution in [0.5, 0.6) is 5.75 Å². The second kappa shape index (κ2) is 14.7. The largest absolute Gasteiger partial charge is 0.494 e. The van der Waals surface area contributed by atoms with Crippen LogP contribution in [0, 0.1) is 0 Å². The van der Waals surface area contributed by atoms with Crippen LogP contribution in [-0.2, 0) is 29.0 Å². The van der Waals surface area contributed by atoms with Gasteiger partial charge in [0, 0.05) is 48.9 Å². The van der Waals surface area contributed by atoms with Crippen molar-refractivity contribution in [2.24, 2.45) is 15.2 Å². The molecule has 0 saturated carbocycles. The predicted molar refractivity (Wildman–Crippen MR) is 161 cm³/mol. The number of nitrogens with zero attached hydrogens (tertiary/aromatic N) is 8. The minimum absolute atomic E-state index is 0.0361. The molecule has 0 saturated heterocycles. The molecule has 0 radical (unpaired) electrons. The van der Waals surface area contributed by atoms with Gasteiger partial charge >= 0.3 is 0 Å². The van der Waals surface area contributed by atoms with Crippen molar-refractivity contribution in [1.82, 2.24) is 10.4 Å². The van der Waals surface area contributed by atoms with Crippen molar-refractivity contribution >= 4 is 11.8 Å². The average Bonchev–Trinajstić information content (AvgIpc) is 3.40. The summed E-state index contributed by atoms with van der Waals surface area (Å²) in [5.74, 6) is 0.473. The van der Waals surface area contributed by atoms with Gasteiger partial charge in [0.05, 0.1) is 19.7 Å². The third-order valence-electron chi connectivity index (χ3n) is 6.88. The highest BCUT2D eigenvalue weighted by atomic mass is 16.5. The fraction of sp³-hybridized carbons (Fsp3) is 0.333. The van der Waals surface area contributed by atoms with Gasteiger partial charge in [0.15, 0.2) is 11.6 Å². The Bertz CT molecular complexity index is 1550. The molecule has 3 aromatic rings. The normalized spacial score (nSPS) is 17.3. The molecule has 43 heavy (non-hydrogen) atoms. The number of carbonyl (C=O) groups excluding carboxylic acids is 1. The zero-order chi connectivity index (χ0) is 30.7. The molecular weight excluding hydrogens is 550 g/mol. The summed E-state index contributed by atoms with van der Waals surface area (Å²) in [4.78, 5) is 25.1. The van der Waals surface area contributed by atoms with Gasteiger partial charge in [-0.3, -0.25) is 10.2 Å². The summed E-state index contributed by atoms with van der Waals surface area (Å²) in [6.45, 7) is 0.570. The molecule has 1 heterocycles. The Balaban J connectivity index is 1.88. The fourth-order valence-corrected chi connectivity index (χ4v) is 4.88. The molecule has 13 heteroatoms. The van der Waals surface area contributed by atoms with E-state index in [0.717, 1.165) is 11.1 Å². The molecule has 1 aliphatic rings. The summed E-state index contributed by atoms with van der Waals surface area (Å²) >= 11 is 0. The summed E-state index contributed by atoms with van der Waals surface area (Å²) in [6.07, 6.45) is -0.268. The standard InChI is InChI=1S/C30H33N9O4/c1-39(2)36-29(41)30(18-22-8-3-4-9-23(22)19-33-37-31)27(26-11-6-5-10-24(26)20-34-38-32)43-28(35-30)21-12-14-25(15-13-21)42-17-7-16-40/h3-6,8-15,27,40H,7,16-20H2,1-2H3,(H,36,41)/t27-,30-/m0/s1. The SMILES string of the molecule is CN(C)NC(=O)[C@@]1(Cc2ccccc2CN=[N+]=[N-])N=C(c2ccc(OCCCO)cc2)O[C@H]1c1ccccc1CN=[N+]=[N-]. The quantitative estimate of drug-likeness (QED) is 0.0872. The lowest BCUT2D eigenvalue weighted by Gasteiger charge is -2.33. The number of amides is 1. The molecule has 2 atom stereocenters. The van der Waals surface area contributed by atoms with Gasteiger partial charge in [-0.2, -0.15) is 0 Å². The lowest BCUT2D eigenvalue weighted by molar-refractivity contribution is -0.132. The molecule has 3 aromatic carbocycles. The third-order valence-corrected chi connectivity index (χ3v) is 6.88. The van der Waals surface area contributed by atoms with Crippen LogP contribution >= 0.6 is 0 Å². The second-order valence-corrected chi connectivity index (χ2v) is 10.0. The highest BCUT2D eigenvalue weighted by Gasteiger charge is 2.54. The van der Waals surface area contributed by atoms with E-state index >= 15 is 0 Å². The predicted octanol–water partition coefficient (Wildman–Crippen LogP) is 5.16. The van der Waals surface area contributed by atoms with Crippen LogP contribution in [0.3, 0.4) is 0 Å².